The minimum absolute atomic E-state index is 0.221. The van der Waals surface area contributed by atoms with E-state index in [9.17, 15) is 4.79 Å². The van der Waals surface area contributed by atoms with Crippen LogP contribution in [0.15, 0.2) is 48.5 Å². The van der Waals surface area contributed by atoms with Crippen LogP contribution >= 0.6 is 22.9 Å². The lowest BCUT2D eigenvalue weighted by atomic mass is 10.1. The second kappa shape index (κ2) is 7.12. The second-order valence-electron chi connectivity index (χ2n) is 6.31. The quantitative estimate of drug-likeness (QED) is 0.715. The summed E-state index contributed by atoms with van der Waals surface area (Å²) in [5, 5.41) is 1.77. The SMILES string of the molecule is O=C(C[NH+]1CCN(c2nc3cc(Cl)ccc3s2)CC1)c1ccccc1. The first-order valence-corrected chi connectivity index (χ1v) is 9.61. The Morgan fingerprint density at radius 3 is 2.68 bits per heavy atom. The lowest BCUT2D eigenvalue weighted by Gasteiger charge is -2.31. The molecule has 1 aliphatic heterocycles. The Hall–Kier alpha value is -1.95. The van der Waals surface area contributed by atoms with Gasteiger partial charge >= 0.3 is 0 Å². The third kappa shape index (κ3) is 3.68. The summed E-state index contributed by atoms with van der Waals surface area (Å²) in [5.41, 5.74) is 1.77. The van der Waals surface area contributed by atoms with E-state index in [1.165, 1.54) is 4.90 Å². The molecule has 1 N–H and O–H groups in total. The molecular formula is C19H19ClN3OS+. The van der Waals surface area contributed by atoms with Crippen LogP contribution in [0.3, 0.4) is 0 Å². The Balaban J connectivity index is 1.38. The highest BCUT2D eigenvalue weighted by atomic mass is 35.5. The van der Waals surface area contributed by atoms with E-state index in [0.29, 0.717) is 6.54 Å². The largest absolute Gasteiger partial charge is 0.337 e. The molecule has 0 aliphatic carbocycles. The monoisotopic (exact) mass is 372 g/mol. The van der Waals surface area contributed by atoms with E-state index in [4.69, 9.17) is 16.6 Å². The van der Waals surface area contributed by atoms with Gasteiger partial charge in [-0.2, -0.15) is 0 Å². The normalized spacial score (nSPS) is 15.6. The molecule has 25 heavy (non-hydrogen) atoms. The van der Waals surface area contributed by atoms with E-state index < -0.39 is 0 Å². The number of Topliss-reactive ketones (excluding diaryl/α,β-unsaturated/α-hetero) is 1. The third-order valence-electron chi connectivity index (χ3n) is 4.59. The number of aromatic nitrogens is 1. The van der Waals surface area contributed by atoms with E-state index >= 15 is 0 Å². The minimum atomic E-state index is 0.221. The van der Waals surface area contributed by atoms with Crippen molar-refractivity contribution in [3.8, 4) is 0 Å². The van der Waals surface area contributed by atoms with Gasteiger partial charge in [0.05, 0.1) is 36.4 Å². The Labute approximate surface area is 155 Å². The number of halogens is 1. The van der Waals surface area contributed by atoms with Gasteiger partial charge < -0.3 is 9.80 Å². The molecule has 4 nitrogen and oxygen atoms in total. The smallest absolute Gasteiger partial charge is 0.216 e. The number of piperazine rings is 1. The fourth-order valence-corrected chi connectivity index (χ4v) is 4.33. The third-order valence-corrected chi connectivity index (χ3v) is 5.92. The molecule has 0 atom stereocenters. The van der Waals surface area contributed by atoms with Gasteiger partial charge in [-0.15, -0.1) is 0 Å². The van der Waals surface area contributed by atoms with Crippen LogP contribution in [0.25, 0.3) is 10.2 Å². The molecule has 2 heterocycles. The van der Waals surface area contributed by atoms with Crippen molar-refractivity contribution < 1.29 is 9.69 Å². The summed E-state index contributed by atoms with van der Waals surface area (Å²) in [6.45, 7) is 4.31. The lowest BCUT2D eigenvalue weighted by Crippen LogP contribution is -3.15. The highest BCUT2D eigenvalue weighted by Crippen LogP contribution is 2.30. The average Bonchev–Trinajstić information content (AvgIpc) is 3.06. The number of nitrogens with one attached hydrogen (secondary N) is 1. The van der Waals surface area contributed by atoms with Crippen molar-refractivity contribution in [1.29, 1.82) is 0 Å². The first kappa shape index (κ1) is 16.5. The number of ketones is 1. The van der Waals surface area contributed by atoms with Crippen LogP contribution in [0.4, 0.5) is 5.13 Å². The van der Waals surface area contributed by atoms with Gasteiger partial charge in [-0.05, 0) is 18.2 Å². The highest BCUT2D eigenvalue weighted by Gasteiger charge is 2.24. The van der Waals surface area contributed by atoms with Crippen molar-refractivity contribution >= 4 is 44.1 Å². The number of hydrogen-bond donors (Lipinski definition) is 1. The van der Waals surface area contributed by atoms with Crippen molar-refractivity contribution in [3.63, 3.8) is 0 Å². The number of thiazole rings is 1. The lowest BCUT2D eigenvalue weighted by molar-refractivity contribution is -0.892. The number of hydrogen-bond acceptors (Lipinski definition) is 4. The van der Waals surface area contributed by atoms with Crippen LogP contribution in [0, 0.1) is 0 Å². The van der Waals surface area contributed by atoms with Gasteiger partial charge in [-0.3, -0.25) is 4.79 Å². The van der Waals surface area contributed by atoms with Crippen molar-refractivity contribution in [3.05, 3.63) is 59.1 Å². The standard InChI is InChI=1S/C19H18ClN3OS/c20-15-6-7-18-16(12-15)21-19(25-18)23-10-8-22(9-11-23)13-17(24)14-4-2-1-3-5-14/h1-7,12H,8-11,13H2/p+1. The molecule has 3 aromatic rings. The van der Waals surface area contributed by atoms with Gasteiger partial charge in [0.25, 0.3) is 0 Å². The van der Waals surface area contributed by atoms with Crippen LogP contribution in [0.1, 0.15) is 10.4 Å². The molecule has 0 bridgehead atoms. The van der Waals surface area contributed by atoms with Gasteiger partial charge in [0, 0.05) is 10.6 Å². The van der Waals surface area contributed by atoms with E-state index in [0.717, 1.165) is 52.1 Å². The van der Waals surface area contributed by atoms with Crippen LogP contribution < -0.4 is 9.80 Å². The molecule has 6 heteroatoms. The summed E-state index contributed by atoms with van der Waals surface area (Å²) >= 11 is 7.75. The maximum atomic E-state index is 12.4. The molecule has 1 fully saturated rings. The maximum absolute atomic E-state index is 12.4. The molecule has 128 valence electrons. The summed E-state index contributed by atoms with van der Waals surface area (Å²) in [6, 6.07) is 15.4. The number of rotatable bonds is 4. The summed E-state index contributed by atoms with van der Waals surface area (Å²) in [6.07, 6.45) is 0. The van der Waals surface area contributed by atoms with Crippen LogP contribution in [0.2, 0.25) is 5.02 Å². The Bertz CT molecular complexity index is 888. The second-order valence-corrected chi connectivity index (χ2v) is 7.76. The number of nitrogens with zero attached hydrogens (tertiary/aromatic N) is 2. The number of quaternary nitrogens is 1. The van der Waals surface area contributed by atoms with Gasteiger partial charge in [0.1, 0.15) is 6.54 Å². The van der Waals surface area contributed by atoms with Crippen molar-refractivity contribution in [2.24, 2.45) is 0 Å². The summed E-state index contributed by atoms with van der Waals surface area (Å²) in [4.78, 5) is 20.7. The minimum Gasteiger partial charge on any atom is -0.337 e. The number of benzene rings is 2. The molecule has 0 spiro atoms. The fraction of sp³-hybridized carbons (Fsp3) is 0.263. The molecule has 2 aromatic carbocycles. The number of carbonyl (C=O) groups excluding carboxylic acids is 1. The van der Waals surface area contributed by atoms with Crippen molar-refractivity contribution in [1.82, 2.24) is 4.98 Å². The summed E-state index contributed by atoms with van der Waals surface area (Å²) in [7, 11) is 0. The Morgan fingerprint density at radius 2 is 1.92 bits per heavy atom. The van der Waals surface area contributed by atoms with Crippen LogP contribution in [0.5, 0.6) is 0 Å². The fourth-order valence-electron chi connectivity index (χ4n) is 3.17. The average molecular weight is 373 g/mol. The maximum Gasteiger partial charge on any atom is 0.216 e. The zero-order chi connectivity index (χ0) is 17.2. The van der Waals surface area contributed by atoms with E-state index in [-0.39, 0.29) is 5.78 Å². The van der Waals surface area contributed by atoms with Gasteiger partial charge in [0.2, 0.25) is 5.78 Å². The molecule has 1 saturated heterocycles. The first-order valence-electron chi connectivity index (χ1n) is 8.42. The topological polar surface area (TPSA) is 37.6 Å². The van der Waals surface area contributed by atoms with E-state index in [1.807, 2.05) is 48.5 Å². The van der Waals surface area contributed by atoms with Crippen molar-refractivity contribution in [2.45, 2.75) is 0 Å². The van der Waals surface area contributed by atoms with E-state index in [1.54, 1.807) is 11.3 Å². The molecule has 4 rings (SSSR count). The van der Waals surface area contributed by atoms with Crippen molar-refractivity contribution in [2.75, 3.05) is 37.6 Å². The Morgan fingerprint density at radius 1 is 1.16 bits per heavy atom. The molecule has 0 amide bonds. The molecule has 0 saturated carbocycles. The predicted octanol–water partition coefficient (Wildman–Crippen LogP) is 2.54. The van der Waals surface area contributed by atoms with Gasteiger partial charge in [0.15, 0.2) is 5.13 Å². The van der Waals surface area contributed by atoms with Gasteiger partial charge in [-0.1, -0.05) is 53.3 Å². The molecule has 1 aromatic heterocycles. The van der Waals surface area contributed by atoms with Crippen LogP contribution in [-0.4, -0.2) is 43.5 Å². The summed E-state index contributed by atoms with van der Waals surface area (Å²) in [5.74, 6) is 0.221. The summed E-state index contributed by atoms with van der Waals surface area (Å²) < 4.78 is 1.16. The molecular weight excluding hydrogens is 354 g/mol. The molecule has 0 unspecified atom stereocenters. The van der Waals surface area contributed by atoms with Gasteiger partial charge in [-0.25, -0.2) is 4.98 Å². The molecule has 0 radical (unpaired) electrons. The number of anilines is 1. The van der Waals surface area contributed by atoms with E-state index in [2.05, 4.69) is 4.90 Å². The predicted molar refractivity (Wildman–Crippen MR) is 103 cm³/mol. The Kier molecular flexibility index (Phi) is 4.70. The first-order chi connectivity index (χ1) is 12.2. The number of carbonyl (C=O) groups is 1. The zero-order valence-electron chi connectivity index (χ0n) is 13.7. The zero-order valence-corrected chi connectivity index (χ0v) is 15.3. The van der Waals surface area contributed by atoms with Crippen LogP contribution in [-0.2, 0) is 0 Å². The highest BCUT2D eigenvalue weighted by molar-refractivity contribution is 7.22. The molecule has 1 aliphatic rings. The number of fused-ring (bicyclic) bond motifs is 1.